The zero-order valence-electron chi connectivity index (χ0n) is 10.1. The summed E-state index contributed by atoms with van der Waals surface area (Å²) in [7, 11) is 0. The molecule has 0 unspecified atom stereocenters. The molecule has 0 bridgehead atoms. The molecule has 2 aromatic heterocycles. The SMILES string of the molecule is Cc1cc2nc(N)nn2cc1-c1cccc(Cl)c1Cl. The summed E-state index contributed by atoms with van der Waals surface area (Å²) in [6.45, 7) is 1.98. The van der Waals surface area contributed by atoms with Gasteiger partial charge in [0, 0.05) is 17.3 Å². The summed E-state index contributed by atoms with van der Waals surface area (Å²) < 4.78 is 1.63. The zero-order valence-corrected chi connectivity index (χ0v) is 11.6. The smallest absolute Gasteiger partial charge is 0.240 e. The first-order valence-corrected chi connectivity index (χ1v) is 6.39. The van der Waals surface area contributed by atoms with Crippen molar-refractivity contribution in [2.24, 2.45) is 0 Å². The van der Waals surface area contributed by atoms with Crippen molar-refractivity contribution in [3.63, 3.8) is 0 Å². The van der Waals surface area contributed by atoms with E-state index in [1.807, 2.05) is 31.3 Å². The lowest BCUT2D eigenvalue weighted by molar-refractivity contribution is 0.966. The number of pyridine rings is 1. The Kier molecular flexibility index (Phi) is 2.84. The Morgan fingerprint density at radius 2 is 2.00 bits per heavy atom. The van der Waals surface area contributed by atoms with E-state index in [-0.39, 0.29) is 5.95 Å². The van der Waals surface area contributed by atoms with Crippen LogP contribution in [0.15, 0.2) is 30.5 Å². The Labute approximate surface area is 119 Å². The summed E-state index contributed by atoms with van der Waals surface area (Å²) in [5.41, 5.74) is 9.14. The van der Waals surface area contributed by atoms with Crippen LogP contribution in [0.2, 0.25) is 10.0 Å². The van der Waals surface area contributed by atoms with E-state index in [4.69, 9.17) is 28.9 Å². The predicted octanol–water partition coefficient (Wildman–Crippen LogP) is 3.59. The molecule has 19 heavy (non-hydrogen) atoms. The molecule has 2 N–H and O–H groups in total. The van der Waals surface area contributed by atoms with Crippen LogP contribution in [0.1, 0.15) is 5.56 Å². The van der Waals surface area contributed by atoms with Gasteiger partial charge in [0.15, 0.2) is 5.65 Å². The lowest BCUT2D eigenvalue weighted by Crippen LogP contribution is -1.93. The van der Waals surface area contributed by atoms with Crippen molar-refractivity contribution in [1.82, 2.24) is 14.6 Å². The third-order valence-electron chi connectivity index (χ3n) is 2.94. The predicted molar refractivity (Wildman–Crippen MR) is 77.6 cm³/mol. The van der Waals surface area contributed by atoms with Gasteiger partial charge in [0.1, 0.15) is 0 Å². The van der Waals surface area contributed by atoms with Gasteiger partial charge in [0.2, 0.25) is 5.95 Å². The fourth-order valence-corrected chi connectivity index (χ4v) is 2.44. The molecule has 0 saturated carbocycles. The van der Waals surface area contributed by atoms with Gasteiger partial charge in [0.25, 0.3) is 0 Å². The molecule has 0 radical (unpaired) electrons. The number of nitrogens with zero attached hydrogens (tertiary/aromatic N) is 3. The molecule has 4 nitrogen and oxygen atoms in total. The number of aryl methyl sites for hydroxylation is 1. The number of benzene rings is 1. The van der Waals surface area contributed by atoms with Gasteiger partial charge in [0.05, 0.1) is 10.0 Å². The van der Waals surface area contributed by atoms with Crippen LogP contribution in [0, 0.1) is 6.92 Å². The minimum absolute atomic E-state index is 0.244. The van der Waals surface area contributed by atoms with Crippen molar-refractivity contribution in [3.8, 4) is 11.1 Å². The minimum atomic E-state index is 0.244. The first-order chi connectivity index (χ1) is 9.06. The van der Waals surface area contributed by atoms with Crippen molar-refractivity contribution in [3.05, 3.63) is 46.1 Å². The second-order valence-corrected chi connectivity index (χ2v) is 5.03. The summed E-state index contributed by atoms with van der Waals surface area (Å²) in [5, 5.41) is 5.15. The molecule has 1 aromatic carbocycles. The Hall–Kier alpha value is -1.78. The molecule has 0 aliphatic heterocycles. The average Bonchev–Trinajstić information content (AvgIpc) is 2.71. The number of hydrogen-bond donors (Lipinski definition) is 1. The molecular formula is C13H10Cl2N4. The highest BCUT2D eigenvalue weighted by molar-refractivity contribution is 6.43. The largest absolute Gasteiger partial charge is 0.366 e. The van der Waals surface area contributed by atoms with Gasteiger partial charge < -0.3 is 5.73 Å². The van der Waals surface area contributed by atoms with Crippen molar-refractivity contribution < 1.29 is 0 Å². The molecule has 0 spiro atoms. The van der Waals surface area contributed by atoms with E-state index in [0.717, 1.165) is 16.7 Å². The third kappa shape index (κ3) is 2.03. The van der Waals surface area contributed by atoms with E-state index in [9.17, 15) is 0 Å². The molecule has 0 aliphatic rings. The van der Waals surface area contributed by atoms with E-state index >= 15 is 0 Å². The lowest BCUT2D eigenvalue weighted by Gasteiger charge is -2.09. The van der Waals surface area contributed by atoms with Crippen LogP contribution in [0.3, 0.4) is 0 Å². The maximum atomic E-state index is 6.25. The van der Waals surface area contributed by atoms with Crippen LogP contribution in [0.25, 0.3) is 16.8 Å². The maximum absolute atomic E-state index is 6.25. The normalized spacial score (nSPS) is 11.1. The number of nitrogens with two attached hydrogens (primary N) is 1. The van der Waals surface area contributed by atoms with Gasteiger partial charge in [-0.1, -0.05) is 35.3 Å². The number of aromatic nitrogens is 3. The zero-order chi connectivity index (χ0) is 13.6. The second-order valence-electron chi connectivity index (χ2n) is 4.24. The summed E-state index contributed by atoms with van der Waals surface area (Å²) in [6, 6.07) is 7.45. The summed E-state index contributed by atoms with van der Waals surface area (Å²) in [5.74, 6) is 0.244. The molecule has 0 fully saturated rings. The Bertz CT molecular complexity index is 780. The van der Waals surface area contributed by atoms with Crippen LogP contribution in [0.4, 0.5) is 5.95 Å². The second kappa shape index (κ2) is 4.40. The molecule has 2 heterocycles. The fourth-order valence-electron chi connectivity index (χ4n) is 2.04. The summed E-state index contributed by atoms with van der Waals surface area (Å²) in [6.07, 6.45) is 1.85. The standard InChI is InChI=1S/C13H10Cl2N4/c1-7-5-11-17-13(16)18-19(11)6-9(7)8-3-2-4-10(14)12(8)15/h2-6H,1H3,(H2,16,18). The molecule has 3 rings (SSSR count). The van der Waals surface area contributed by atoms with Gasteiger partial charge in [-0.2, -0.15) is 4.98 Å². The van der Waals surface area contributed by atoms with Crippen molar-refractivity contribution in [1.29, 1.82) is 0 Å². The molecular weight excluding hydrogens is 283 g/mol. The first-order valence-electron chi connectivity index (χ1n) is 5.63. The van der Waals surface area contributed by atoms with Crippen LogP contribution >= 0.6 is 23.2 Å². The van der Waals surface area contributed by atoms with E-state index in [2.05, 4.69) is 10.1 Å². The molecule has 0 aliphatic carbocycles. The van der Waals surface area contributed by atoms with Crippen molar-refractivity contribution in [2.75, 3.05) is 5.73 Å². The van der Waals surface area contributed by atoms with Gasteiger partial charge >= 0.3 is 0 Å². The van der Waals surface area contributed by atoms with Crippen LogP contribution in [-0.4, -0.2) is 14.6 Å². The molecule has 3 aromatic rings. The number of nitrogen functional groups attached to an aromatic ring is 1. The van der Waals surface area contributed by atoms with E-state index in [0.29, 0.717) is 15.7 Å². The Balaban J connectivity index is 2.29. The van der Waals surface area contributed by atoms with Crippen molar-refractivity contribution >= 4 is 34.8 Å². The van der Waals surface area contributed by atoms with E-state index in [1.165, 1.54) is 0 Å². The lowest BCUT2D eigenvalue weighted by atomic mass is 10.0. The molecule has 6 heteroatoms. The van der Waals surface area contributed by atoms with Gasteiger partial charge in [-0.05, 0) is 24.6 Å². The van der Waals surface area contributed by atoms with E-state index in [1.54, 1.807) is 10.6 Å². The number of fused-ring (bicyclic) bond motifs is 1. The number of rotatable bonds is 1. The fraction of sp³-hybridized carbons (Fsp3) is 0.0769. The van der Waals surface area contributed by atoms with Crippen LogP contribution in [0.5, 0.6) is 0 Å². The molecule has 0 atom stereocenters. The average molecular weight is 293 g/mol. The number of hydrogen-bond acceptors (Lipinski definition) is 3. The van der Waals surface area contributed by atoms with E-state index < -0.39 is 0 Å². The summed E-state index contributed by atoms with van der Waals surface area (Å²) in [4.78, 5) is 4.12. The quantitative estimate of drug-likeness (QED) is 0.746. The monoisotopic (exact) mass is 292 g/mol. The topological polar surface area (TPSA) is 56.2 Å². The van der Waals surface area contributed by atoms with Gasteiger partial charge in [-0.25, -0.2) is 4.52 Å². The molecule has 96 valence electrons. The highest BCUT2D eigenvalue weighted by Gasteiger charge is 2.11. The molecule has 0 saturated heterocycles. The van der Waals surface area contributed by atoms with Crippen LogP contribution in [-0.2, 0) is 0 Å². The molecule has 0 amide bonds. The number of anilines is 1. The third-order valence-corrected chi connectivity index (χ3v) is 3.76. The Morgan fingerprint density at radius 3 is 2.79 bits per heavy atom. The van der Waals surface area contributed by atoms with Crippen LogP contribution < -0.4 is 5.73 Å². The minimum Gasteiger partial charge on any atom is -0.366 e. The Morgan fingerprint density at radius 1 is 1.21 bits per heavy atom. The highest BCUT2D eigenvalue weighted by Crippen LogP contribution is 2.35. The number of halogens is 2. The van der Waals surface area contributed by atoms with Crippen molar-refractivity contribution in [2.45, 2.75) is 6.92 Å². The van der Waals surface area contributed by atoms with Gasteiger partial charge in [-0.15, -0.1) is 5.10 Å². The van der Waals surface area contributed by atoms with Gasteiger partial charge in [-0.3, -0.25) is 0 Å². The summed E-state index contributed by atoms with van der Waals surface area (Å²) >= 11 is 12.3. The highest BCUT2D eigenvalue weighted by atomic mass is 35.5. The first kappa shape index (κ1) is 12.3. The maximum Gasteiger partial charge on any atom is 0.240 e.